The SMILES string of the molecule is Cc1cc(C)nc(NC(=O)Cc2cccc([N+](=O)[O-])c2)c1. The first-order valence-corrected chi connectivity index (χ1v) is 6.42. The van der Waals surface area contributed by atoms with Gasteiger partial charge in [0.1, 0.15) is 5.82 Å². The molecule has 0 atom stereocenters. The van der Waals surface area contributed by atoms with Crippen molar-refractivity contribution in [3.05, 3.63) is 63.3 Å². The molecule has 0 spiro atoms. The van der Waals surface area contributed by atoms with E-state index in [2.05, 4.69) is 10.3 Å². The molecule has 6 nitrogen and oxygen atoms in total. The molecule has 1 heterocycles. The summed E-state index contributed by atoms with van der Waals surface area (Å²) in [4.78, 5) is 26.4. The molecule has 6 heteroatoms. The fourth-order valence-corrected chi connectivity index (χ4v) is 2.06. The zero-order chi connectivity index (χ0) is 15.4. The summed E-state index contributed by atoms with van der Waals surface area (Å²) in [6.07, 6.45) is 0.0658. The molecule has 0 aliphatic heterocycles. The number of nitro benzene ring substituents is 1. The number of pyridine rings is 1. The number of nitrogens with zero attached hydrogens (tertiary/aromatic N) is 2. The van der Waals surface area contributed by atoms with Gasteiger partial charge in [-0.3, -0.25) is 14.9 Å². The van der Waals surface area contributed by atoms with Crippen molar-refractivity contribution in [3.8, 4) is 0 Å². The molecular formula is C15H15N3O3. The third-order valence-corrected chi connectivity index (χ3v) is 2.85. The van der Waals surface area contributed by atoms with Crippen molar-refractivity contribution in [2.75, 3.05) is 5.32 Å². The summed E-state index contributed by atoms with van der Waals surface area (Å²) in [6.45, 7) is 3.77. The summed E-state index contributed by atoms with van der Waals surface area (Å²) in [7, 11) is 0. The minimum absolute atomic E-state index is 0.0233. The maximum atomic E-state index is 12.0. The quantitative estimate of drug-likeness (QED) is 0.691. The Bertz CT molecular complexity index is 678. The van der Waals surface area contributed by atoms with E-state index >= 15 is 0 Å². The van der Waals surface area contributed by atoms with Crippen LogP contribution in [0, 0.1) is 24.0 Å². The van der Waals surface area contributed by atoms with Crippen LogP contribution in [0.1, 0.15) is 16.8 Å². The third kappa shape index (κ3) is 4.10. The Kier molecular flexibility index (Phi) is 4.27. The lowest BCUT2D eigenvalue weighted by Crippen LogP contribution is -2.15. The maximum Gasteiger partial charge on any atom is 0.269 e. The number of carbonyl (C=O) groups is 1. The molecule has 21 heavy (non-hydrogen) atoms. The fraction of sp³-hybridized carbons (Fsp3) is 0.200. The summed E-state index contributed by atoms with van der Waals surface area (Å²) in [6, 6.07) is 9.73. The summed E-state index contributed by atoms with van der Waals surface area (Å²) in [5.41, 5.74) is 2.39. The van der Waals surface area contributed by atoms with Crippen molar-refractivity contribution in [3.63, 3.8) is 0 Å². The minimum Gasteiger partial charge on any atom is -0.310 e. The third-order valence-electron chi connectivity index (χ3n) is 2.85. The number of hydrogen-bond donors (Lipinski definition) is 1. The number of aromatic nitrogens is 1. The Labute approximate surface area is 122 Å². The number of amides is 1. The zero-order valence-electron chi connectivity index (χ0n) is 11.8. The largest absolute Gasteiger partial charge is 0.310 e. The van der Waals surface area contributed by atoms with E-state index in [9.17, 15) is 14.9 Å². The van der Waals surface area contributed by atoms with Crippen LogP contribution in [0.4, 0.5) is 11.5 Å². The number of non-ortho nitro benzene ring substituents is 1. The molecule has 0 unspecified atom stereocenters. The molecule has 0 radical (unpaired) electrons. The van der Waals surface area contributed by atoms with E-state index in [1.807, 2.05) is 19.9 Å². The number of carbonyl (C=O) groups excluding carboxylic acids is 1. The van der Waals surface area contributed by atoms with Crippen molar-refractivity contribution in [2.45, 2.75) is 20.3 Å². The van der Waals surface area contributed by atoms with Gasteiger partial charge in [0.2, 0.25) is 5.91 Å². The van der Waals surface area contributed by atoms with Crippen LogP contribution < -0.4 is 5.32 Å². The Balaban J connectivity index is 2.08. The Morgan fingerprint density at radius 3 is 2.71 bits per heavy atom. The topological polar surface area (TPSA) is 85.1 Å². The van der Waals surface area contributed by atoms with Crippen LogP contribution in [-0.4, -0.2) is 15.8 Å². The molecule has 0 fully saturated rings. The molecule has 0 bridgehead atoms. The lowest BCUT2D eigenvalue weighted by Gasteiger charge is -2.06. The molecule has 0 saturated carbocycles. The molecule has 1 amide bonds. The van der Waals surface area contributed by atoms with Crippen LogP contribution in [0.15, 0.2) is 36.4 Å². The fourth-order valence-electron chi connectivity index (χ4n) is 2.06. The molecule has 0 aliphatic carbocycles. The van der Waals surface area contributed by atoms with Crippen molar-refractivity contribution in [2.24, 2.45) is 0 Å². The van der Waals surface area contributed by atoms with Gasteiger partial charge in [-0.2, -0.15) is 0 Å². The lowest BCUT2D eigenvalue weighted by molar-refractivity contribution is -0.384. The smallest absolute Gasteiger partial charge is 0.269 e. The highest BCUT2D eigenvalue weighted by molar-refractivity contribution is 5.91. The number of rotatable bonds is 4. The van der Waals surface area contributed by atoms with E-state index in [1.54, 1.807) is 18.2 Å². The predicted octanol–water partition coefficient (Wildman–Crippen LogP) is 2.79. The Hall–Kier alpha value is -2.76. The van der Waals surface area contributed by atoms with E-state index in [-0.39, 0.29) is 18.0 Å². The highest BCUT2D eigenvalue weighted by Gasteiger charge is 2.10. The van der Waals surface area contributed by atoms with Gasteiger partial charge in [0.05, 0.1) is 11.3 Å². The summed E-state index contributed by atoms with van der Waals surface area (Å²) in [5.74, 6) is 0.232. The number of hydrogen-bond acceptors (Lipinski definition) is 4. The summed E-state index contributed by atoms with van der Waals surface area (Å²) in [5, 5.41) is 13.4. The van der Waals surface area contributed by atoms with E-state index in [0.717, 1.165) is 11.3 Å². The average molecular weight is 285 g/mol. The van der Waals surface area contributed by atoms with Crippen LogP contribution in [-0.2, 0) is 11.2 Å². The Morgan fingerprint density at radius 1 is 1.29 bits per heavy atom. The Morgan fingerprint density at radius 2 is 2.05 bits per heavy atom. The van der Waals surface area contributed by atoms with E-state index in [4.69, 9.17) is 0 Å². The van der Waals surface area contributed by atoms with E-state index in [0.29, 0.717) is 11.4 Å². The first-order valence-electron chi connectivity index (χ1n) is 6.42. The van der Waals surface area contributed by atoms with Gasteiger partial charge in [-0.1, -0.05) is 12.1 Å². The van der Waals surface area contributed by atoms with Gasteiger partial charge in [0, 0.05) is 17.8 Å². The first-order chi connectivity index (χ1) is 9.94. The standard InChI is InChI=1S/C15H15N3O3/c1-10-6-11(2)16-14(7-10)17-15(19)9-12-4-3-5-13(8-12)18(20)21/h3-8H,9H2,1-2H3,(H,16,17,19). The first kappa shape index (κ1) is 14.6. The van der Waals surface area contributed by atoms with Crippen molar-refractivity contribution >= 4 is 17.4 Å². The molecule has 1 aromatic carbocycles. The molecule has 0 saturated heterocycles. The van der Waals surface area contributed by atoms with Gasteiger partial charge < -0.3 is 5.32 Å². The number of nitro groups is 1. The van der Waals surface area contributed by atoms with Crippen molar-refractivity contribution in [1.29, 1.82) is 0 Å². The molecule has 2 rings (SSSR count). The molecule has 0 aliphatic rings. The molecule has 108 valence electrons. The van der Waals surface area contributed by atoms with Crippen LogP contribution in [0.5, 0.6) is 0 Å². The average Bonchev–Trinajstić information content (AvgIpc) is 2.37. The predicted molar refractivity (Wildman–Crippen MR) is 79.1 cm³/mol. The molecule has 2 aromatic rings. The van der Waals surface area contributed by atoms with Crippen LogP contribution >= 0.6 is 0 Å². The second kappa shape index (κ2) is 6.13. The number of aryl methyl sites for hydroxylation is 2. The van der Waals surface area contributed by atoms with Crippen LogP contribution in [0.25, 0.3) is 0 Å². The summed E-state index contributed by atoms with van der Waals surface area (Å²) < 4.78 is 0. The zero-order valence-corrected chi connectivity index (χ0v) is 11.8. The second-order valence-electron chi connectivity index (χ2n) is 4.82. The van der Waals surface area contributed by atoms with Crippen molar-refractivity contribution in [1.82, 2.24) is 4.98 Å². The van der Waals surface area contributed by atoms with Gasteiger partial charge in [-0.25, -0.2) is 4.98 Å². The monoisotopic (exact) mass is 285 g/mol. The maximum absolute atomic E-state index is 12.0. The van der Waals surface area contributed by atoms with E-state index in [1.165, 1.54) is 12.1 Å². The summed E-state index contributed by atoms with van der Waals surface area (Å²) >= 11 is 0. The molecule has 1 aromatic heterocycles. The van der Waals surface area contributed by atoms with Crippen molar-refractivity contribution < 1.29 is 9.72 Å². The normalized spacial score (nSPS) is 10.2. The molecular weight excluding hydrogens is 270 g/mol. The van der Waals surface area contributed by atoms with Gasteiger partial charge in [-0.15, -0.1) is 0 Å². The van der Waals surface area contributed by atoms with Gasteiger partial charge in [0.25, 0.3) is 5.69 Å². The van der Waals surface area contributed by atoms with Gasteiger partial charge in [-0.05, 0) is 37.1 Å². The van der Waals surface area contributed by atoms with Gasteiger partial charge >= 0.3 is 0 Å². The lowest BCUT2D eigenvalue weighted by atomic mass is 10.1. The van der Waals surface area contributed by atoms with Crippen LogP contribution in [0.2, 0.25) is 0 Å². The number of anilines is 1. The highest BCUT2D eigenvalue weighted by Crippen LogP contribution is 2.14. The number of benzene rings is 1. The van der Waals surface area contributed by atoms with Gasteiger partial charge in [0.15, 0.2) is 0 Å². The highest BCUT2D eigenvalue weighted by atomic mass is 16.6. The minimum atomic E-state index is -0.479. The number of nitrogens with one attached hydrogen (secondary N) is 1. The van der Waals surface area contributed by atoms with Crippen LogP contribution in [0.3, 0.4) is 0 Å². The second-order valence-corrected chi connectivity index (χ2v) is 4.82. The molecule has 1 N–H and O–H groups in total. The van der Waals surface area contributed by atoms with E-state index < -0.39 is 4.92 Å².